The van der Waals surface area contributed by atoms with E-state index in [-0.39, 0.29) is 31.4 Å². The number of nitriles is 1. The average Bonchev–Trinajstić information content (AvgIpc) is 3.03. The number of aliphatic hydroxyl groups is 1. The number of hydrogen-bond acceptors (Lipinski definition) is 8. The second-order valence-corrected chi connectivity index (χ2v) is 9.04. The van der Waals surface area contributed by atoms with Crippen molar-refractivity contribution < 1.29 is 24.2 Å². The molecule has 10 heteroatoms. The summed E-state index contributed by atoms with van der Waals surface area (Å²) in [4.78, 5) is 36.1. The molecule has 4 heterocycles. The molecule has 10 nitrogen and oxygen atoms in total. The Hall–Kier alpha value is -4.77. The molecule has 1 atom stereocenters. The minimum atomic E-state index is -1.15. The third-order valence-electron chi connectivity index (χ3n) is 6.14. The van der Waals surface area contributed by atoms with E-state index < -0.39 is 17.6 Å². The fraction of sp³-hybridized carbons (Fsp3) is 0.250. The summed E-state index contributed by atoms with van der Waals surface area (Å²) in [5.41, 5.74) is 1.89. The second-order valence-electron chi connectivity index (χ2n) is 9.04. The molecule has 2 aromatic heterocycles. The van der Waals surface area contributed by atoms with E-state index in [0.717, 1.165) is 5.56 Å². The second kappa shape index (κ2) is 10.3. The van der Waals surface area contributed by atoms with Gasteiger partial charge in [-0.1, -0.05) is 17.9 Å². The number of amides is 2. The largest absolute Gasteiger partial charge is 0.489 e. The van der Waals surface area contributed by atoms with Gasteiger partial charge in [0.1, 0.15) is 35.9 Å². The summed E-state index contributed by atoms with van der Waals surface area (Å²) in [7, 11) is 1.60. The summed E-state index contributed by atoms with van der Waals surface area (Å²) in [5.74, 6) is 5.30. The Morgan fingerprint density at radius 3 is 2.87 bits per heavy atom. The standard InChI is InChI=1S/C28H23N5O5/c1-33-24-13-18(7-9-28(36)16-37-17-28)5-6-25(24)38-15-23(27(33)35)32-26(34)22-12-19(8-10-30-22)11-20-3-2-4-21(14-29)31-20/h2-6,8,10,12-13,23,36H,11,15-17H2,1H3,(H,32,34)/t23-/m0/s1. The van der Waals surface area contributed by atoms with Gasteiger partial charge in [-0.15, -0.1) is 0 Å². The van der Waals surface area contributed by atoms with Gasteiger partial charge < -0.3 is 24.8 Å². The number of aromatic nitrogens is 2. The van der Waals surface area contributed by atoms with E-state index >= 15 is 0 Å². The molecule has 1 aromatic carbocycles. The van der Waals surface area contributed by atoms with Crippen molar-refractivity contribution in [3.63, 3.8) is 0 Å². The molecule has 0 aliphatic carbocycles. The molecule has 0 radical (unpaired) electrons. The van der Waals surface area contributed by atoms with Crippen LogP contribution < -0.4 is 15.0 Å². The molecular formula is C28H23N5O5. The van der Waals surface area contributed by atoms with Gasteiger partial charge in [0.2, 0.25) is 0 Å². The monoisotopic (exact) mass is 509 g/mol. The van der Waals surface area contributed by atoms with Gasteiger partial charge in [0.15, 0.2) is 5.60 Å². The smallest absolute Gasteiger partial charge is 0.270 e. The lowest BCUT2D eigenvalue weighted by molar-refractivity contribution is -0.140. The number of rotatable bonds is 4. The number of anilines is 1. The topological polar surface area (TPSA) is 138 Å². The number of hydrogen-bond donors (Lipinski definition) is 2. The molecule has 2 amide bonds. The van der Waals surface area contributed by atoms with Crippen LogP contribution in [-0.4, -0.2) is 65.4 Å². The van der Waals surface area contributed by atoms with Crippen molar-refractivity contribution in [2.45, 2.75) is 18.1 Å². The zero-order valence-electron chi connectivity index (χ0n) is 20.5. The van der Waals surface area contributed by atoms with Crippen LogP contribution >= 0.6 is 0 Å². The number of carbonyl (C=O) groups excluding carboxylic acids is 2. The molecule has 0 unspecified atom stereocenters. The zero-order chi connectivity index (χ0) is 26.7. The Morgan fingerprint density at radius 1 is 1.26 bits per heavy atom. The van der Waals surface area contributed by atoms with Crippen LogP contribution in [-0.2, 0) is 16.0 Å². The van der Waals surface area contributed by atoms with Crippen LogP contribution in [0.1, 0.15) is 33.0 Å². The lowest BCUT2D eigenvalue weighted by Crippen LogP contribution is -2.49. The number of pyridine rings is 2. The molecule has 190 valence electrons. The summed E-state index contributed by atoms with van der Waals surface area (Å²) in [5, 5.41) is 21.9. The summed E-state index contributed by atoms with van der Waals surface area (Å²) >= 11 is 0. The first-order valence-corrected chi connectivity index (χ1v) is 11.8. The van der Waals surface area contributed by atoms with E-state index in [4.69, 9.17) is 14.7 Å². The number of carbonyl (C=O) groups is 2. The van der Waals surface area contributed by atoms with Crippen LogP contribution in [0.2, 0.25) is 0 Å². The van der Waals surface area contributed by atoms with Gasteiger partial charge in [0.25, 0.3) is 11.8 Å². The maximum absolute atomic E-state index is 13.2. The Bertz CT molecular complexity index is 1520. The van der Waals surface area contributed by atoms with Crippen molar-refractivity contribution in [3.05, 3.63) is 82.9 Å². The van der Waals surface area contributed by atoms with Crippen LogP contribution in [0.5, 0.6) is 5.75 Å². The predicted octanol–water partition coefficient (Wildman–Crippen LogP) is 1.21. The lowest BCUT2D eigenvalue weighted by Gasteiger charge is -2.30. The number of fused-ring (bicyclic) bond motifs is 1. The van der Waals surface area contributed by atoms with Crippen LogP contribution in [0, 0.1) is 23.2 Å². The molecular weight excluding hydrogens is 486 g/mol. The van der Waals surface area contributed by atoms with Crippen molar-refractivity contribution in [2.75, 3.05) is 31.8 Å². The predicted molar refractivity (Wildman–Crippen MR) is 135 cm³/mol. The van der Waals surface area contributed by atoms with E-state index in [1.54, 1.807) is 55.6 Å². The number of benzene rings is 1. The fourth-order valence-corrected chi connectivity index (χ4v) is 4.03. The molecule has 2 aliphatic heterocycles. The molecule has 2 aliphatic rings. The van der Waals surface area contributed by atoms with Crippen molar-refractivity contribution in [2.24, 2.45) is 0 Å². The summed E-state index contributed by atoms with van der Waals surface area (Å²) in [6, 6.07) is 14.8. The normalized spacial score (nSPS) is 17.4. The van der Waals surface area contributed by atoms with Crippen molar-refractivity contribution in [1.29, 1.82) is 5.26 Å². The fourth-order valence-electron chi connectivity index (χ4n) is 4.03. The Morgan fingerprint density at radius 2 is 2.11 bits per heavy atom. The first-order valence-electron chi connectivity index (χ1n) is 11.8. The lowest BCUT2D eigenvalue weighted by atomic mass is 10.0. The molecule has 1 fully saturated rings. The maximum atomic E-state index is 13.2. The van der Waals surface area contributed by atoms with E-state index in [0.29, 0.717) is 34.8 Å². The zero-order valence-corrected chi connectivity index (χ0v) is 20.5. The van der Waals surface area contributed by atoms with Gasteiger partial charge in [-0.25, -0.2) is 4.98 Å². The Balaban J connectivity index is 1.28. The summed E-state index contributed by atoms with van der Waals surface area (Å²) in [6.45, 7) is 0.266. The third-order valence-corrected chi connectivity index (χ3v) is 6.14. The molecule has 0 bridgehead atoms. The number of likely N-dealkylation sites (N-methyl/N-ethyl adjacent to an activating group) is 1. The van der Waals surface area contributed by atoms with E-state index in [1.807, 2.05) is 6.07 Å². The highest BCUT2D eigenvalue weighted by atomic mass is 16.5. The van der Waals surface area contributed by atoms with Gasteiger partial charge in [-0.05, 0) is 48.0 Å². The highest BCUT2D eigenvalue weighted by Crippen LogP contribution is 2.31. The SMILES string of the molecule is CN1C(=O)[C@@H](NC(=O)c2cc(Cc3cccc(C#N)n3)ccn2)COc2ccc(C#CC3(O)COC3)cc21. The van der Waals surface area contributed by atoms with Crippen molar-refractivity contribution in [3.8, 4) is 23.7 Å². The number of ether oxygens (including phenoxy) is 2. The van der Waals surface area contributed by atoms with Crippen molar-refractivity contribution in [1.82, 2.24) is 15.3 Å². The molecule has 1 saturated heterocycles. The minimum Gasteiger partial charge on any atom is -0.489 e. The van der Waals surface area contributed by atoms with Gasteiger partial charge in [-0.3, -0.25) is 14.6 Å². The van der Waals surface area contributed by atoms with Crippen LogP contribution in [0.3, 0.4) is 0 Å². The molecule has 38 heavy (non-hydrogen) atoms. The summed E-state index contributed by atoms with van der Waals surface area (Å²) in [6.07, 6.45) is 1.93. The van der Waals surface area contributed by atoms with E-state index in [1.165, 1.54) is 11.1 Å². The van der Waals surface area contributed by atoms with Gasteiger partial charge in [0, 0.05) is 30.9 Å². The molecule has 0 spiro atoms. The maximum Gasteiger partial charge on any atom is 0.270 e. The number of nitrogens with one attached hydrogen (secondary N) is 1. The van der Waals surface area contributed by atoms with Gasteiger partial charge in [0.05, 0.1) is 18.9 Å². The minimum absolute atomic E-state index is 0.0609. The highest BCUT2D eigenvalue weighted by Gasteiger charge is 2.34. The van der Waals surface area contributed by atoms with Crippen LogP contribution in [0.4, 0.5) is 5.69 Å². The van der Waals surface area contributed by atoms with Crippen molar-refractivity contribution >= 4 is 17.5 Å². The highest BCUT2D eigenvalue weighted by molar-refractivity contribution is 6.03. The molecule has 2 N–H and O–H groups in total. The average molecular weight is 510 g/mol. The Kier molecular flexibility index (Phi) is 6.75. The molecule has 0 saturated carbocycles. The van der Waals surface area contributed by atoms with E-state index in [9.17, 15) is 14.7 Å². The quantitative estimate of drug-likeness (QED) is 0.501. The van der Waals surface area contributed by atoms with Crippen LogP contribution in [0.25, 0.3) is 0 Å². The summed E-state index contributed by atoms with van der Waals surface area (Å²) < 4.78 is 10.8. The van der Waals surface area contributed by atoms with E-state index in [2.05, 4.69) is 27.1 Å². The third kappa shape index (κ3) is 5.32. The first-order chi connectivity index (χ1) is 18.3. The molecule has 3 aromatic rings. The number of nitrogens with zero attached hydrogens (tertiary/aromatic N) is 4. The first kappa shape index (κ1) is 24.9. The Labute approximate surface area is 218 Å². The molecule has 5 rings (SSSR count). The van der Waals surface area contributed by atoms with Crippen LogP contribution in [0.15, 0.2) is 54.7 Å². The van der Waals surface area contributed by atoms with Gasteiger partial charge >= 0.3 is 0 Å². The van der Waals surface area contributed by atoms with Gasteiger partial charge in [-0.2, -0.15) is 5.26 Å².